The fraction of sp³-hybridized carbons (Fsp3) is 0. The molecule has 0 aliphatic heterocycles. The normalized spacial score (nSPS) is 11.3. The first-order valence-electron chi connectivity index (χ1n) is 6.17. The van der Waals surface area contributed by atoms with Gasteiger partial charge in [-0.2, -0.15) is 0 Å². The van der Waals surface area contributed by atoms with Crippen molar-refractivity contribution >= 4 is 45.4 Å². The number of hydrogen-bond acceptors (Lipinski definition) is 5. The second-order valence-electron chi connectivity index (χ2n) is 4.35. The second-order valence-corrected chi connectivity index (χ2v) is 5.82. The zero-order valence-corrected chi connectivity index (χ0v) is 12.2. The van der Waals surface area contributed by atoms with Crippen LogP contribution in [0.5, 0.6) is 0 Å². The minimum atomic E-state index is 0.661. The lowest BCUT2D eigenvalue weighted by molar-refractivity contribution is 1.08. The number of nitrogens with zero attached hydrogens (tertiary/aromatic N) is 4. The molecule has 1 aromatic carbocycles. The van der Waals surface area contributed by atoms with Crippen LogP contribution in [0.4, 0.5) is 0 Å². The van der Waals surface area contributed by atoms with Crippen LogP contribution in [0.25, 0.3) is 22.1 Å². The molecule has 0 aliphatic carbocycles. The summed E-state index contributed by atoms with van der Waals surface area (Å²) in [5, 5.41) is 2.55. The van der Waals surface area contributed by atoms with E-state index in [1.165, 1.54) is 6.33 Å². The summed E-state index contributed by atoms with van der Waals surface area (Å²) in [4.78, 5) is 21.1. The molecule has 0 bridgehead atoms. The lowest BCUT2D eigenvalue weighted by Gasteiger charge is -2.05. The fourth-order valence-electron chi connectivity index (χ4n) is 2.11. The summed E-state index contributed by atoms with van der Waals surface area (Å²) in [6.45, 7) is 0. The Morgan fingerprint density at radius 1 is 1.05 bits per heavy atom. The summed E-state index contributed by atoms with van der Waals surface area (Å²) in [6.07, 6.45) is 4.91. The number of aromatic nitrogens is 5. The number of benzene rings is 1. The highest BCUT2D eigenvalue weighted by Gasteiger charge is 2.10. The Kier molecular flexibility index (Phi) is 2.98. The minimum Gasteiger partial charge on any atom is -0.341 e. The van der Waals surface area contributed by atoms with Crippen molar-refractivity contribution in [1.82, 2.24) is 24.9 Å². The van der Waals surface area contributed by atoms with Crippen LogP contribution in [0.15, 0.2) is 53.0 Å². The maximum absolute atomic E-state index is 6.01. The summed E-state index contributed by atoms with van der Waals surface area (Å²) < 4.78 is 0. The van der Waals surface area contributed by atoms with Gasteiger partial charge in [-0.1, -0.05) is 29.4 Å². The van der Waals surface area contributed by atoms with E-state index in [0.717, 1.165) is 26.3 Å². The Morgan fingerprint density at radius 2 is 2.00 bits per heavy atom. The van der Waals surface area contributed by atoms with Gasteiger partial charge in [-0.3, -0.25) is 4.98 Å². The highest BCUT2D eigenvalue weighted by atomic mass is 35.5. The first kappa shape index (κ1) is 12.6. The minimum absolute atomic E-state index is 0.661. The molecule has 4 aromatic rings. The van der Waals surface area contributed by atoms with Gasteiger partial charge in [-0.05, 0) is 18.2 Å². The molecule has 0 spiro atoms. The summed E-state index contributed by atoms with van der Waals surface area (Å²) in [6, 6.07) is 7.65. The fourth-order valence-corrected chi connectivity index (χ4v) is 3.25. The molecule has 21 heavy (non-hydrogen) atoms. The molecule has 0 amide bonds. The third-order valence-electron chi connectivity index (χ3n) is 3.06. The highest BCUT2D eigenvalue weighted by Crippen LogP contribution is 2.34. The molecule has 5 nitrogen and oxygen atoms in total. The Balaban J connectivity index is 1.86. The lowest BCUT2D eigenvalue weighted by atomic mass is 10.2. The number of imidazole rings is 1. The topological polar surface area (TPSA) is 67.3 Å². The molecule has 0 aliphatic rings. The molecular weight excluding hydrogens is 306 g/mol. The van der Waals surface area contributed by atoms with E-state index in [0.29, 0.717) is 10.7 Å². The first-order valence-corrected chi connectivity index (χ1v) is 7.37. The predicted octanol–water partition coefficient (Wildman–Crippen LogP) is 3.71. The Morgan fingerprint density at radius 3 is 2.95 bits per heavy atom. The van der Waals surface area contributed by atoms with Crippen molar-refractivity contribution in [3.8, 4) is 0 Å². The summed E-state index contributed by atoms with van der Waals surface area (Å²) >= 11 is 7.57. The van der Waals surface area contributed by atoms with Gasteiger partial charge < -0.3 is 4.98 Å². The van der Waals surface area contributed by atoms with Crippen molar-refractivity contribution in [1.29, 1.82) is 0 Å². The average Bonchev–Trinajstić information content (AvgIpc) is 2.97. The third-order valence-corrected chi connectivity index (χ3v) is 4.37. The second kappa shape index (κ2) is 4.98. The number of hydrogen-bond donors (Lipinski definition) is 1. The van der Waals surface area contributed by atoms with Gasteiger partial charge in [0.15, 0.2) is 5.65 Å². The Labute approximate surface area is 128 Å². The van der Waals surface area contributed by atoms with Crippen LogP contribution in [-0.2, 0) is 0 Å². The molecule has 4 rings (SSSR count). The van der Waals surface area contributed by atoms with Crippen molar-refractivity contribution in [2.24, 2.45) is 0 Å². The van der Waals surface area contributed by atoms with Gasteiger partial charge in [-0.25, -0.2) is 15.0 Å². The first-order chi connectivity index (χ1) is 10.3. The molecular formula is C14H8ClN5S. The molecule has 0 saturated carbocycles. The molecule has 3 aromatic heterocycles. The molecule has 3 heterocycles. The van der Waals surface area contributed by atoms with E-state index in [1.54, 1.807) is 24.3 Å². The van der Waals surface area contributed by atoms with Gasteiger partial charge in [-0.15, -0.1) is 0 Å². The number of aromatic amines is 1. The predicted molar refractivity (Wildman–Crippen MR) is 82.6 cm³/mol. The zero-order chi connectivity index (χ0) is 14.2. The Bertz CT molecular complexity index is 952. The molecule has 0 atom stereocenters. The van der Waals surface area contributed by atoms with Crippen LogP contribution < -0.4 is 0 Å². The molecule has 0 fully saturated rings. The van der Waals surface area contributed by atoms with Crippen molar-refractivity contribution < 1.29 is 0 Å². The molecule has 0 saturated heterocycles. The van der Waals surface area contributed by atoms with Crippen molar-refractivity contribution in [2.75, 3.05) is 0 Å². The van der Waals surface area contributed by atoms with Crippen LogP contribution in [-0.4, -0.2) is 24.9 Å². The summed E-state index contributed by atoms with van der Waals surface area (Å²) in [7, 11) is 0. The van der Waals surface area contributed by atoms with Crippen LogP contribution in [0.2, 0.25) is 5.02 Å². The van der Waals surface area contributed by atoms with Crippen molar-refractivity contribution in [2.45, 2.75) is 9.92 Å². The zero-order valence-electron chi connectivity index (χ0n) is 10.6. The monoisotopic (exact) mass is 313 g/mol. The SMILES string of the molecule is Clc1ccc2c(Sc3ncnc4nc[nH]c34)ccnc2c1. The van der Waals surface area contributed by atoms with Crippen molar-refractivity contribution in [3.05, 3.63) is 48.1 Å². The summed E-state index contributed by atoms with van der Waals surface area (Å²) in [5.74, 6) is 0. The maximum Gasteiger partial charge on any atom is 0.181 e. The van der Waals surface area contributed by atoms with Crippen LogP contribution in [0, 0.1) is 0 Å². The van der Waals surface area contributed by atoms with Crippen LogP contribution in [0.1, 0.15) is 0 Å². The molecule has 1 N–H and O–H groups in total. The molecule has 102 valence electrons. The van der Waals surface area contributed by atoms with Gasteiger partial charge in [0.1, 0.15) is 16.9 Å². The number of rotatable bonds is 2. The third kappa shape index (κ3) is 2.22. The molecule has 7 heteroatoms. The number of fused-ring (bicyclic) bond motifs is 2. The smallest absolute Gasteiger partial charge is 0.181 e. The number of halogens is 1. The average molecular weight is 314 g/mol. The van der Waals surface area contributed by atoms with Gasteiger partial charge in [0.05, 0.1) is 11.8 Å². The van der Waals surface area contributed by atoms with E-state index in [9.17, 15) is 0 Å². The van der Waals surface area contributed by atoms with Gasteiger partial charge in [0.25, 0.3) is 0 Å². The van der Waals surface area contributed by atoms with E-state index >= 15 is 0 Å². The Hall–Kier alpha value is -2.18. The number of pyridine rings is 1. The summed E-state index contributed by atoms with van der Waals surface area (Å²) in [5.41, 5.74) is 2.36. The van der Waals surface area contributed by atoms with E-state index in [1.807, 2.05) is 24.3 Å². The van der Waals surface area contributed by atoms with Crippen molar-refractivity contribution in [3.63, 3.8) is 0 Å². The number of nitrogens with one attached hydrogen (secondary N) is 1. The van der Waals surface area contributed by atoms with Gasteiger partial charge in [0, 0.05) is 21.5 Å². The van der Waals surface area contributed by atoms with E-state index in [4.69, 9.17) is 11.6 Å². The van der Waals surface area contributed by atoms with Crippen LogP contribution >= 0.6 is 23.4 Å². The van der Waals surface area contributed by atoms with E-state index in [-0.39, 0.29) is 0 Å². The molecule has 0 unspecified atom stereocenters. The lowest BCUT2D eigenvalue weighted by Crippen LogP contribution is -1.87. The van der Waals surface area contributed by atoms with E-state index < -0.39 is 0 Å². The molecule has 0 radical (unpaired) electrons. The highest BCUT2D eigenvalue weighted by molar-refractivity contribution is 7.99. The van der Waals surface area contributed by atoms with E-state index in [2.05, 4.69) is 24.9 Å². The number of H-pyrrole nitrogens is 1. The van der Waals surface area contributed by atoms with Crippen LogP contribution in [0.3, 0.4) is 0 Å². The quantitative estimate of drug-likeness (QED) is 0.571. The maximum atomic E-state index is 6.01. The van der Waals surface area contributed by atoms with Gasteiger partial charge in [0.2, 0.25) is 0 Å². The standard InChI is InChI=1S/C14H8ClN5S/c15-8-1-2-9-10(5-8)16-4-3-11(9)21-14-12-13(18-6-17-12)19-7-20-14/h1-7H,(H,17,18,19,20). The van der Waals surface area contributed by atoms with Gasteiger partial charge >= 0.3 is 0 Å². The largest absolute Gasteiger partial charge is 0.341 e.